The number of sulfonamides is 1. The number of hydrogen-bond donors (Lipinski definition) is 0. The lowest BCUT2D eigenvalue weighted by atomic mass is 10.00. The first-order valence-corrected chi connectivity index (χ1v) is 11.0. The predicted molar refractivity (Wildman–Crippen MR) is 107 cm³/mol. The number of rotatable bonds is 4. The fourth-order valence-corrected chi connectivity index (χ4v) is 5.10. The van der Waals surface area contributed by atoms with Crippen molar-refractivity contribution in [3.8, 4) is 11.4 Å². The van der Waals surface area contributed by atoms with Gasteiger partial charge in [-0.05, 0) is 49.2 Å². The highest BCUT2D eigenvalue weighted by molar-refractivity contribution is 7.89. The summed E-state index contributed by atoms with van der Waals surface area (Å²) in [6.45, 7) is 0.749. The van der Waals surface area contributed by atoms with Crippen molar-refractivity contribution < 1.29 is 12.9 Å². The Hall–Kier alpha value is -1.93. The van der Waals surface area contributed by atoms with E-state index in [-0.39, 0.29) is 10.8 Å². The van der Waals surface area contributed by atoms with Crippen LogP contribution in [-0.2, 0) is 10.0 Å². The minimum absolute atomic E-state index is 0.156. The Morgan fingerprint density at radius 1 is 1.07 bits per heavy atom. The number of nitrogens with zero attached hydrogens (tertiary/aromatic N) is 3. The molecule has 146 valence electrons. The molecule has 0 N–H and O–H groups in total. The maximum atomic E-state index is 12.9. The highest BCUT2D eigenvalue weighted by Crippen LogP contribution is 2.31. The minimum atomic E-state index is -3.60. The number of halogens is 2. The Morgan fingerprint density at radius 3 is 2.61 bits per heavy atom. The molecule has 1 fully saturated rings. The summed E-state index contributed by atoms with van der Waals surface area (Å²) in [5.74, 6) is 0.720. The van der Waals surface area contributed by atoms with E-state index in [1.54, 1.807) is 24.3 Å². The average molecular weight is 438 g/mol. The summed E-state index contributed by atoms with van der Waals surface area (Å²) in [6.07, 6.45) is 1.50. The Balaban J connectivity index is 1.55. The van der Waals surface area contributed by atoms with Gasteiger partial charge in [-0.2, -0.15) is 9.29 Å². The van der Waals surface area contributed by atoms with Crippen molar-refractivity contribution in [2.24, 2.45) is 0 Å². The van der Waals surface area contributed by atoms with E-state index < -0.39 is 10.0 Å². The van der Waals surface area contributed by atoms with Crippen molar-refractivity contribution in [3.63, 3.8) is 0 Å². The fraction of sp³-hybridized carbons (Fsp3) is 0.263. The first-order valence-electron chi connectivity index (χ1n) is 8.79. The van der Waals surface area contributed by atoms with Gasteiger partial charge < -0.3 is 4.52 Å². The number of hydrogen-bond acceptors (Lipinski definition) is 5. The van der Waals surface area contributed by atoms with Crippen molar-refractivity contribution in [1.29, 1.82) is 0 Å². The zero-order valence-electron chi connectivity index (χ0n) is 14.8. The Bertz CT molecular complexity index is 1080. The van der Waals surface area contributed by atoms with Crippen molar-refractivity contribution in [3.05, 3.63) is 64.5 Å². The van der Waals surface area contributed by atoms with E-state index in [0.29, 0.717) is 41.3 Å². The van der Waals surface area contributed by atoms with Gasteiger partial charge in [-0.25, -0.2) is 8.42 Å². The first kappa shape index (κ1) is 19.4. The smallest absolute Gasteiger partial charge is 0.243 e. The second-order valence-corrected chi connectivity index (χ2v) is 9.43. The molecule has 0 amide bonds. The molecule has 9 heteroatoms. The van der Waals surface area contributed by atoms with Gasteiger partial charge in [0, 0.05) is 28.7 Å². The molecule has 1 aromatic heterocycles. The Kier molecular flexibility index (Phi) is 5.42. The van der Waals surface area contributed by atoms with Crippen LogP contribution in [0.1, 0.15) is 24.7 Å². The van der Waals surface area contributed by atoms with Crippen LogP contribution in [0.4, 0.5) is 0 Å². The van der Waals surface area contributed by atoms with E-state index in [2.05, 4.69) is 10.1 Å². The fourth-order valence-electron chi connectivity index (χ4n) is 3.26. The van der Waals surface area contributed by atoms with Gasteiger partial charge in [0.1, 0.15) is 0 Å². The molecule has 6 nitrogen and oxygen atoms in total. The van der Waals surface area contributed by atoms with Gasteiger partial charge in [0.05, 0.1) is 10.8 Å². The molecule has 0 aliphatic carbocycles. The van der Waals surface area contributed by atoms with Crippen LogP contribution in [0, 0.1) is 0 Å². The van der Waals surface area contributed by atoms with Crippen LogP contribution in [0.25, 0.3) is 11.4 Å². The van der Waals surface area contributed by atoms with Gasteiger partial charge in [-0.3, -0.25) is 0 Å². The quantitative estimate of drug-likeness (QED) is 0.595. The summed E-state index contributed by atoms with van der Waals surface area (Å²) in [4.78, 5) is 4.70. The molecule has 0 unspecified atom stereocenters. The molecule has 3 aromatic rings. The maximum absolute atomic E-state index is 12.9. The van der Waals surface area contributed by atoms with Gasteiger partial charge >= 0.3 is 0 Å². The highest BCUT2D eigenvalue weighted by Gasteiger charge is 2.33. The molecule has 0 radical (unpaired) electrons. The number of aromatic nitrogens is 2. The van der Waals surface area contributed by atoms with Gasteiger partial charge in [-0.1, -0.05) is 40.5 Å². The topological polar surface area (TPSA) is 76.3 Å². The average Bonchev–Trinajstić information content (AvgIpc) is 3.19. The van der Waals surface area contributed by atoms with Gasteiger partial charge in [0.15, 0.2) is 0 Å². The standard InChI is InChI=1S/C19H17Cl2N3O3S/c20-15-6-8-17(9-7-15)28(25,26)24-10-2-4-14(12-24)19-22-18(23-27-19)13-3-1-5-16(21)11-13/h1,3,5-9,11,14H,2,4,10,12H2/t14-/m0/s1. The van der Waals surface area contributed by atoms with Gasteiger partial charge in [-0.15, -0.1) is 0 Å². The van der Waals surface area contributed by atoms with Crippen LogP contribution in [0.15, 0.2) is 57.9 Å². The molecule has 4 rings (SSSR count). The van der Waals surface area contributed by atoms with Crippen LogP contribution >= 0.6 is 23.2 Å². The highest BCUT2D eigenvalue weighted by atomic mass is 35.5. The molecular formula is C19H17Cl2N3O3S. The SMILES string of the molecule is O=S(=O)(c1ccc(Cl)cc1)N1CCC[C@H](c2nc(-c3cccc(Cl)c3)no2)C1. The Labute approximate surface area is 173 Å². The molecular weight excluding hydrogens is 421 g/mol. The third kappa shape index (κ3) is 3.93. The predicted octanol–water partition coefficient (Wildman–Crippen LogP) is 4.61. The van der Waals surface area contributed by atoms with Crippen molar-refractivity contribution in [2.45, 2.75) is 23.7 Å². The van der Waals surface area contributed by atoms with Crippen LogP contribution in [-0.4, -0.2) is 36.0 Å². The summed E-state index contributed by atoms with van der Waals surface area (Å²) in [5.41, 5.74) is 0.754. The second kappa shape index (κ2) is 7.83. The molecule has 1 aliphatic heterocycles. The molecule has 28 heavy (non-hydrogen) atoms. The lowest BCUT2D eigenvalue weighted by Crippen LogP contribution is -2.39. The monoisotopic (exact) mass is 437 g/mol. The third-order valence-corrected chi connectivity index (χ3v) is 7.08. The molecule has 0 bridgehead atoms. The molecule has 0 spiro atoms. The zero-order chi connectivity index (χ0) is 19.7. The Morgan fingerprint density at radius 2 is 1.86 bits per heavy atom. The van der Waals surface area contributed by atoms with Gasteiger partial charge in [0.2, 0.25) is 21.7 Å². The third-order valence-electron chi connectivity index (χ3n) is 4.71. The van der Waals surface area contributed by atoms with Crippen molar-refractivity contribution >= 4 is 33.2 Å². The molecule has 1 aliphatic rings. The van der Waals surface area contributed by atoms with Crippen molar-refractivity contribution in [2.75, 3.05) is 13.1 Å². The molecule has 0 saturated carbocycles. The first-order chi connectivity index (χ1) is 13.4. The minimum Gasteiger partial charge on any atom is -0.339 e. The van der Waals surface area contributed by atoms with E-state index in [1.807, 2.05) is 12.1 Å². The van der Waals surface area contributed by atoms with E-state index in [4.69, 9.17) is 27.7 Å². The van der Waals surface area contributed by atoms with Crippen LogP contribution in [0.3, 0.4) is 0 Å². The maximum Gasteiger partial charge on any atom is 0.243 e. The van der Waals surface area contributed by atoms with E-state index >= 15 is 0 Å². The summed E-state index contributed by atoms with van der Waals surface area (Å²) in [5, 5.41) is 5.11. The lowest BCUT2D eigenvalue weighted by molar-refractivity contribution is 0.265. The number of piperidine rings is 1. The zero-order valence-corrected chi connectivity index (χ0v) is 17.1. The van der Waals surface area contributed by atoms with E-state index in [9.17, 15) is 8.42 Å². The van der Waals surface area contributed by atoms with E-state index in [1.165, 1.54) is 16.4 Å². The largest absolute Gasteiger partial charge is 0.339 e. The summed E-state index contributed by atoms with van der Waals surface area (Å²) < 4.78 is 32.8. The molecule has 1 saturated heterocycles. The van der Waals surface area contributed by atoms with Gasteiger partial charge in [0.25, 0.3) is 0 Å². The summed E-state index contributed by atoms with van der Waals surface area (Å²) in [6, 6.07) is 13.4. The number of benzene rings is 2. The molecule has 2 aromatic carbocycles. The summed E-state index contributed by atoms with van der Waals surface area (Å²) >= 11 is 11.9. The molecule has 2 heterocycles. The lowest BCUT2D eigenvalue weighted by Gasteiger charge is -2.30. The van der Waals surface area contributed by atoms with E-state index in [0.717, 1.165) is 12.0 Å². The van der Waals surface area contributed by atoms with Crippen LogP contribution < -0.4 is 0 Å². The molecule has 1 atom stereocenters. The van der Waals surface area contributed by atoms with Crippen LogP contribution in [0.5, 0.6) is 0 Å². The normalized spacial score (nSPS) is 18.3. The van der Waals surface area contributed by atoms with Crippen molar-refractivity contribution in [1.82, 2.24) is 14.4 Å². The summed E-state index contributed by atoms with van der Waals surface area (Å²) in [7, 11) is -3.60. The second-order valence-electron chi connectivity index (χ2n) is 6.62. The van der Waals surface area contributed by atoms with Crippen LogP contribution in [0.2, 0.25) is 10.0 Å².